The van der Waals surface area contributed by atoms with Crippen molar-refractivity contribution in [3.63, 3.8) is 0 Å². The lowest BCUT2D eigenvalue weighted by atomic mass is 10.3. The molecule has 1 aromatic carbocycles. The van der Waals surface area contributed by atoms with Crippen LogP contribution in [0.2, 0.25) is 0 Å². The molecule has 0 aliphatic carbocycles. The zero-order valence-electron chi connectivity index (χ0n) is 11.6. The summed E-state index contributed by atoms with van der Waals surface area (Å²) in [7, 11) is 0. The van der Waals surface area contributed by atoms with Crippen molar-refractivity contribution in [2.24, 2.45) is 5.73 Å². The van der Waals surface area contributed by atoms with E-state index in [1.165, 1.54) is 0 Å². The fourth-order valence-corrected chi connectivity index (χ4v) is 1.59. The predicted molar refractivity (Wildman–Crippen MR) is 82.7 cm³/mol. The third kappa shape index (κ3) is 4.86. The summed E-state index contributed by atoms with van der Waals surface area (Å²) in [6, 6.07) is 9.60. The molecule has 8 heteroatoms. The van der Waals surface area contributed by atoms with Crippen LogP contribution in [0.5, 0.6) is 0 Å². The fourth-order valence-electron chi connectivity index (χ4n) is 1.59. The molecule has 0 amide bonds. The Hall–Kier alpha value is -2.45. The molecule has 0 radical (unpaired) electrons. The first-order chi connectivity index (χ1) is 10.3. The van der Waals surface area contributed by atoms with E-state index in [0.29, 0.717) is 37.5 Å². The van der Waals surface area contributed by atoms with Crippen LogP contribution in [0.3, 0.4) is 0 Å². The molecule has 0 spiro atoms. The van der Waals surface area contributed by atoms with Crippen molar-refractivity contribution in [1.82, 2.24) is 15.0 Å². The largest absolute Gasteiger partial charge is 0.395 e. The number of benzene rings is 1. The molecule has 1 aromatic heterocycles. The first-order valence-corrected chi connectivity index (χ1v) is 6.68. The summed E-state index contributed by atoms with van der Waals surface area (Å²) in [5.74, 6) is 1.22. The van der Waals surface area contributed by atoms with E-state index >= 15 is 0 Å². The average Bonchev–Trinajstić information content (AvgIpc) is 2.52. The Morgan fingerprint density at radius 1 is 0.905 bits per heavy atom. The summed E-state index contributed by atoms with van der Waals surface area (Å²) < 4.78 is 0. The third-order valence-corrected chi connectivity index (χ3v) is 2.49. The van der Waals surface area contributed by atoms with Crippen molar-refractivity contribution in [2.75, 3.05) is 42.2 Å². The maximum atomic E-state index is 8.86. The summed E-state index contributed by atoms with van der Waals surface area (Å²) in [5.41, 5.74) is 6.33. The van der Waals surface area contributed by atoms with Gasteiger partial charge in [0.15, 0.2) is 0 Å². The Kier molecular flexibility index (Phi) is 5.68. The van der Waals surface area contributed by atoms with E-state index < -0.39 is 0 Å². The normalized spacial score (nSPS) is 10.2. The van der Waals surface area contributed by atoms with E-state index in [0.717, 1.165) is 5.69 Å². The second kappa shape index (κ2) is 7.98. The van der Waals surface area contributed by atoms with Gasteiger partial charge >= 0.3 is 0 Å². The highest BCUT2D eigenvalue weighted by atomic mass is 16.3. The number of hydrogen-bond donors (Lipinski definition) is 5. The third-order valence-electron chi connectivity index (χ3n) is 2.49. The number of aliphatic hydroxyl groups is 1. The summed E-state index contributed by atoms with van der Waals surface area (Å²) in [6.45, 7) is 1.41. The van der Waals surface area contributed by atoms with E-state index in [1.54, 1.807) is 0 Å². The predicted octanol–water partition coefficient (Wildman–Crippen LogP) is 0.390. The van der Waals surface area contributed by atoms with Crippen LogP contribution in [0.15, 0.2) is 30.3 Å². The van der Waals surface area contributed by atoms with Crippen LogP contribution in [-0.4, -0.2) is 46.3 Å². The van der Waals surface area contributed by atoms with E-state index in [1.807, 2.05) is 30.3 Å². The summed E-state index contributed by atoms with van der Waals surface area (Å²) in [6.07, 6.45) is 0. The molecule has 2 rings (SSSR count). The van der Waals surface area contributed by atoms with Crippen molar-refractivity contribution in [2.45, 2.75) is 0 Å². The Morgan fingerprint density at radius 3 is 2.14 bits per heavy atom. The molecule has 0 aliphatic rings. The van der Waals surface area contributed by atoms with Crippen molar-refractivity contribution < 1.29 is 5.11 Å². The number of aliphatic hydroxyl groups excluding tert-OH is 1. The zero-order chi connectivity index (χ0) is 14.9. The van der Waals surface area contributed by atoms with E-state index in [-0.39, 0.29) is 6.61 Å². The summed E-state index contributed by atoms with van der Waals surface area (Å²) >= 11 is 0. The number of anilines is 4. The van der Waals surface area contributed by atoms with Gasteiger partial charge in [0.05, 0.1) is 6.61 Å². The van der Waals surface area contributed by atoms with Crippen molar-refractivity contribution >= 4 is 23.5 Å². The number of nitrogens with zero attached hydrogens (tertiary/aromatic N) is 3. The first-order valence-electron chi connectivity index (χ1n) is 6.68. The van der Waals surface area contributed by atoms with Crippen LogP contribution in [0.25, 0.3) is 0 Å². The topological polar surface area (TPSA) is 121 Å². The van der Waals surface area contributed by atoms with Gasteiger partial charge in [-0.05, 0) is 12.1 Å². The maximum Gasteiger partial charge on any atom is 0.233 e. The summed E-state index contributed by atoms with van der Waals surface area (Å²) in [5, 5.41) is 17.9. The second-order valence-electron chi connectivity index (χ2n) is 4.16. The standard InChI is InChI=1S/C13H19N7O/c14-6-7-15-11-18-12(16-8-9-21)20-13(19-11)17-10-4-2-1-3-5-10/h1-5,21H,6-9,14H2,(H3,15,16,17,18,19,20). The Bertz CT molecular complexity index is 523. The number of aromatic nitrogens is 3. The fraction of sp³-hybridized carbons (Fsp3) is 0.308. The average molecular weight is 289 g/mol. The highest BCUT2D eigenvalue weighted by Gasteiger charge is 2.06. The van der Waals surface area contributed by atoms with Crippen LogP contribution in [0.4, 0.5) is 23.5 Å². The minimum absolute atomic E-state index is 0.00130. The van der Waals surface area contributed by atoms with Crippen LogP contribution in [0, 0.1) is 0 Å². The van der Waals surface area contributed by atoms with E-state index in [2.05, 4.69) is 30.9 Å². The molecule has 0 bridgehead atoms. The van der Waals surface area contributed by atoms with Gasteiger partial charge in [-0.1, -0.05) is 18.2 Å². The monoisotopic (exact) mass is 289 g/mol. The van der Waals surface area contributed by atoms with Crippen molar-refractivity contribution in [3.05, 3.63) is 30.3 Å². The van der Waals surface area contributed by atoms with Gasteiger partial charge in [0.25, 0.3) is 0 Å². The lowest BCUT2D eigenvalue weighted by molar-refractivity contribution is 0.311. The molecule has 0 aliphatic heterocycles. The number of para-hydroxylation sites is 1. The van der Waals surface area contributed by atoms with Gasteiger partial charge in [-0.25, -0.2) is 0 Å². The van der Waals surface area contributed by atoms with Crippen LogP contribution in [0.1, 0.15) is 0 Å². The Morgan fingerprint density at radius 2 is 1.52 bits per heavy atom. The van der Waals surface area contributed by atoms with Gasteiger partial charge in [0.2, 0.25) is 17.8 Å². The highest BCUT2D eigenvalue weighted by Crippen LogP contribution is 2.15. The van der Waals surface area contributed by atoms with Crippen molar-refractivity contribution in [1.29, 1.82) is 0 Å². The molecule has 0 saturated carbocycles. The van der Waals surface area contributed by atoms with E-state index in [4.69, 9.17) is 10.8 Å². The number of nitrogens with two attached hydrogens (primary N) is 1. The minimum Gasteiger partial charge on any atom is -0.395 e. The first kappa shape index (κ1) is 14.9. The molecule has 0 atom stereocenters. The smallest absolute Gasteiger partial charge is 0.233 e. The molecular weight excluding hydrogens is 270 g/mol. The molecule has 0 saturated heterocycles. The molecule has 112 valence electrons. The van der Waals surface area contributed by atoms with Crippen LogP contribution >= 0.6 is 0 Å². The number of hydrogen-bond acceptors (Lipinski definition) is 8. The van der Waals surface area contributed by atoms with Gasteiger partial charge in [-0.15, -0.1) is 0 Å². The second-order valence-corrected chi connectivity index (χ2v) is 4.16. The SMILES string of the molecule is NCCNc1nc(NCCO)nc(Nc2ccccc2)n1. The summed E-state index contributed by atoms with van der Waals surface area (Å²) in [4.78, 5) is 12.7. The molecule has 8 nitrogen and oxygen atoms in total. The highest BCUT2D eigenvalue weighted by molar-refractivity contribution is 5.55. The Balaban J connectivity index is 2.17. The minimum atomic E-state index is -0.00130. The molecule has 21 heavy (non-hydrogen) atoms. The zero-order valence-corrected chi connectivity index (χ0v) is 11.6. The lowest BCUT2D eigenvalue weighted by Crippen LogP contribution is -2.17. The molecule has 0 fully saturated rings. The van der Waals surface area contributed by atoms with Crippen LogP contribution < -0.4 is 21.7 Å². The van der Waals surface area contributed by atoms with Crippen molar-refractivity contribution in [3.8, 4) is 0 Å². The quantitative estimate of drug-likeness (QED) is 0.473. The van der Waals surface area contributed by atoms with Gasteiger partial charge in [-0.2, -0.15) is 15.0 Å². The van der Waals surface area contributed by atoms with Gasteiger partial charge in [-0.3, -0.25) is 0 Å². The molecule has 1 heterocycles. The number of rotatable bonds is 8. The molecule has 0 unspecified atom stereocenters. The van der Waals surface area contributed by atoms with Gasteiger partial charge in [0, 0.05) is 25.3 Å². The maximum absolute atomic E-state index is 8.86. The molecule has 6 N–H and O–H groups in total. The molecule has 2 aromatic rings. The van der Waals surface area contributed by atoms with Crippen LogP contribution in [-0.2, 0) is 0 Å². The molecular formula is C13H19N7O. The van der Waals surface area contributed by atoms with E-state index in [9.17, 15) is 0 Å². The number of nitrogens with one attached hydrogen (secondary N) is 3. The Labute approximate surface area is 122 Å². The van der Waals surface area contributed by atoms with Gasteiger partial charge < -0.3 is 26.8 Å². The lowest BCUT2D eigenvalue weighted by Gasteiger charge is -2.10. The van der Waals surface area contributed by atoms with Gasteiger partial charge in [0.1, 0.15) is 0 Å².